The first kappa shape index (κ1) is 12.1. The fourth-order valence-corrected chi connectivity index (χ4v) is 1.34. The molecule has 0 unspecified atom stereocenters. The van der Waals surface area contributed by atoms with E-state index >= 15 is 0 Å². The Labute approximate surface area is 94.8 Å². The summed E-state index contributed by atoms with van der Waals surface area (Å²) in [6.07, 6.45) is 6.69. The van der Waals surface area contributed by atoms with E-state index in [9.17, 15) is 10.1 Å². The van der Waals surface area contributed by atoms with Gasteiger partial charge in [0.15, 0.2) is 0 Å². The van der Waals surface area contributed by atoms with Crippen molar-refractivity contribution < 1.29 is 4.92 Å². The van der Waals surface area contributed by atoms with Crippen LogP contribution in [0, 0.1) is 29.4 Å². The summed E-state index contributed by atoms with van der Waals surface area (Å²) in [6, 6.07) is 5.12. The second-order valence-corrected chi connectivity index (χ2v) is 3.49. The molecule has 84 valence electrons. The lowest BCUT2D eigenvalue weighted by atomic mass is 10.2. The number of anilines is 1. The van der Waals surface area contributed by atoms with Crippen molar-refractivity contribution in [2.45, 2.75) is 19.8 Å². The summed E-state index contributed by atoms with van der Waals surface area (Å²) < 4.78 is 0. The van der Waals surface area contributed by atoms with Gasteiger partial charge in [-0.05, 0) is 19.4 Å². The predicted octanol–water partition coefficient (Wildman–Crippen LogP) is 2.73. The van der Waals surface area contributed by atoms with Crippen molar-refractivity contribution in [3.05, 3.63) is 33.9 Å². The van der Waals surface area contributed by atoms with Gasteiger partial charge < -0.3 is 5.32 Å². The number of nitro groups is 1. The van der Waals surface area contributed by atoms with Crippen molar-refractivity contribution in [1.82, 2.24) is 0 Å². The highest BCUT2D eigenvalue weighted by molar-refractivity contribution is 5.54. The first-order valence-corrected chi connectivity index (χ1v) is 5.07. The van der Waals surface area contributed by atoms with Gasteiger partial charge in [0.1, 0.15) is 0 Å². The number of nitro benzene ring substituents is 1. The van der Waals surface area contributed by atoms with Crippen LogP contribution in [0.3, 0.4) is 0 Å². The molecule has 0 aromatic heterocycles. The normalized spacial score (nSPS) is 9.50. The smallest absolute Gasteiger partial charge is 0.274 e. The third kappa shape index (κ3) is 3.28. The Morgan fingerprint density at radius 1 is 1.56 bits per heavy atom. The van der Waals surface area contributed by atoms with Crippen molar-refractivity contribution in [2.75, 3.05) is 11.9 Å². The Kier molecular flexibility index (Phi) is 4.34. The lowest BCUT2D eigenvalue weighted by molar-refractivity contribution is -0.385. The van der Waals surface area contributed by atoms with Crippen molar-refractivity contribution >= 4 is 11.4 Å². The molecule has 0 saturated carbocycles. The SMILES string of the molecule is C#CCCCNc1ccc(C)c([N+](=O)[O-])c1. The number of terminal acetylenes is 1. The molecule has 1 N–H and O–H groups in total. The minimum Gasteiger partial charge on any atom is -0.385 e. The number of benzene rings is 1. The van der Waals surface area contributed by atoms with Crippen LogP contribution in [0.2, 0.25) is 0 Å². The highest BCUT2D eigenvalue weighted by atomic mass is 16.6. The lowest BCUT2D eigenvalue weighted by Gasteiger charge is -2.05. The molecule has 0 bridgehead atoms. The monoisotopic (exact) mass is 218 g/mol. The fourth-order valence-electron chi connectivity index (χ4n) is 1.34. The van der Waals surface area contributed by atoms with Gasteiger partial charge in [0.25, 0.3) is 5.69 Å². The third-order valence-corrected chi connectivity index (χ3v) is 2.23. The topological polar surface area (TPSA) is 55.2 Å². The van der Waals surface area contributed by atoms with Crippen LogP contribution in [-0.2, 0) is 0 Å². The van der Waals surface area contributed by atoms with Gasteiger partial charge in [-0.2, -0.15) is 0 Å². The molecule has 0 heterocycles. The number of unbranched alkanes of at least 4 members (excludes halogenated alkanes) is 1. The van der Waals surface area contributed by atoms with Crippen molar-refractivity contribution in [2.24, 2.45) is 0 Å². The minimum atomic E-state index is -0.373. The Morgan fingerprint density at radius 2 is 2.31 bits per heavy atom. The van der Waals surface area contributed by atoms with Gasteiger partial charge >= 0.3 is 0 Å². The molecule has 0 radical (unpaired) electrons. The first-order valence-electron chi connectivity index (χ1n) is 5.07. The maximum absolute atomic E-state index is 10.7. The summed E-state index contributed by atoms with van der Waals surface area (Å²) in [5, 5.41) is 13.8. The van der Waals surface area contributed by atoms with Crippen LogP contribution >= 0.6 is 0 Å². The number of aryl methyl sites for hydroxylation is 1. The zero-order valence-corrected chi connectivity index (χ0v) is 9.19. The molecule has 0 aliphatic carbocycles. The zero-order valence-electron chi connectivity index (χ0n) is 9.19. The van der Waals surface area contributed by atoms with Gasteiger partial charge in [0.2, 0.25) is 0 Å². The average Bonchev–Trinajstić information content (AvgIpc) is 2.26. The van der Waals surface area contributed by atoms with Gasteiger partial charge in [-0.15, -0.1) is 12.3 Å². The summed E-state index contributed by atoms with van der Waals surface area (Å²) in [4.78, 5) is 10.3. The number of hydrogen-bond donors (Lipinski definition) is 1. The van der Waals surface area contributed by atoms with Crippen molar-refractivity contribution in [3.8, 4) is 12.3 Å². The van der Waals surface area contributed by atoms with Crippen LogP contribution in [0.15, 0.2) is 18.2 Å². The molecule has 0 saturated heterocycles. The molecule has 0 aliphatic rings. The second-order valence-electron chi connectivity index (χ2n) is 3.49. The maximum Gasteiger partial charge on any atom is 0.274 e. The van der Waals surface area contributed by atoms with E-state index in [1.165, 1.54) is 0 Å². The van der Waals surface area contributed by atoms with Crippen LogP contribution < -0.4 is 5.32 Å². The number of rotatable bonds is 5. The number of nitrogens with one attached hydrogen (secondary N) is 1. The van der Waals surface area contributed by atoms with Crippen LogP contribution in [0.1, 0.15) is 18.4 Å². The number of hydrogen-bond acceptors (Lipinski definition) is 3. The largest absolute Gasteiger partial charge is 0.385 e. The number of nitrogens with zero attached hydrogens (tertiary/aromatic N) is 1. The Morgan fingerprint density at radius 3 is 2.94 bits per heavy atom. The van der Waals surface area contributed by atoms with Crippen LogP contribution in [0.25, 0.3) is 0 Å². The Hall–Kier alpha value is -2.02. The first-order chi connectivity index (χ1) is 7.65. The second kappa shape index (κ2) is 5.76. The van der Waals surface area contributed by atoms with Gasteiger partial charge in [0.05, 0.1) is 4.92 Å². The molecule has 0 spiro atoms. The van der Waals surface area contributed by atoms with Crippen molar-refractivity contribution in [1.29, 1.82) is 0 Å². The molecule has 0 atom stereocenters. The fraction of sp³-hybridized carbons (Fsp3) is 0.333. The lowest BCUT2D eigenvalue weighted by Crippen LogP contribution is -2.02. The molecule has 0 fully saturated rings. The van der Waals surface area contributed by atoms with E-state index in [4.69, 9.17) is 6.42 Å². The van der Waals surface area contributed by atoms with E-state index < -0.39 is 0 Å². The van der Waals surface area contributed by atoms with E-state index in [0.717, 1.165) is 18.7 Å². The van der Waals surface area contributed by atoms with E-state index in [-0.39, 0.29) is 10.6 Å². The van der Waals surface area contributed by atoms with Gasteiger partial charge in [-0.3, -0.25) is 10.1 Å². The van der Waals surface area contributed by atoms with E-state index in [0.29, 0.717) is 12.0 Å². The van der Waals surface area contributed by atoms with E-state index in [1.54, 1.807) is 19.1 Å². The molecule has 0 aliphatic heterocycles. The Balaban J connectivity index is 2.65. The Bertz CT molecular complexity index is 422. The van der Waals surface area contributed by atoms with Gasteiger partial charge in [0, 0.05) is 30.3 Å². The molecule has 4 heteroatoms. The summed E-state index contributed by atoms with van der Waals surface area (Å²) in [5.41, 5.74) is 1.57. The average molecular weight is 218 g/mol. The predicted molar refractivity (Wildman–Crippen MR) is 64.4 cm³/mol. The summed E-state index contributed by atoms with van der Waals surface area (Å²) in [6.45, 7) is 2.45. The summed E-state index contributed by atoms with van der Waals surface area (Å²) in [5.74, 6) is 2.54. The minimum absolute atomic E-state index is 0.141. The summed E-state index contributed by atoms with van der Waals surface area (Å²) in [7, 11) is 0. The van der Waals surface area contributed by atoms with Crippen LogP contribution in [0.5, 0.6) is 0 Å². The van der Waals surface area contributed by atoms with Crippen LogP contribution in [-0.4, -0.2) is 11.5 Å². The van der Waals surface area contributed by atoms with Gasteiger partial charge in [-0.1, -0.05) is 6.07 Å². The van der Waals surface area contributed by atoms with Crippen molar-refractivity contribution in [3.63, 3.8) is 0 Å². The molecule has 1 aromatic carbocycles. The molecular formula is C12H14N2O2. The molecule has 16 heavy (non-hydrogen) atoms. The molecular weight excluding hydrogens is 204 g/mol. The molecule has 0 amide bonds. The maximum atomic E-state index is 10.7. The molecule has 1 aromatic rings. The van der Waals surface area contributed by atoms with Crippen LogP contribution in [0.4, 0.5) is 11.4 Å². The van der Waals surface area contributed by atoms with E-state index in [1.807, 2.05) is 6.07 Å². The van der Waals surface area contributed by atoms with Gasteiger partial charge in [-0.25, -0.2) is 0 Å². The highest BCUT2D eigenvalue weighted by Crippen LogP contribution is 2.22. The van der Waals surface area contributed by atoms with E-state index in [2.05, 4.69) is 11.2 Å². The quantitative estimate of drug-likeness (QED) is 0.358. The standard InChI is InChI=1S/C12H14N2O2/c1-3-4-5-8-13-11-7-6-10(2)12(9-11)14(15)16/h1,6-7,9,13H,4-5,8H2,2H3. The molecule has 4 nitrogen and oxygen atoms in total. The zero-order chi connectivity index (χ0) is 12.0. The third-order valence-electron chi connectivity index (χ3n) is 2.23. The summed E-state index contributed by atoms with van der Waals surface area (Å²) >= 11 is 0. The highest BCUT2D eigenvalue weighted by Gasteiger charge is 2.10. The molecule has 1 rings (SSSR count).